The minimum atomic E-state index is -0.991. The van der Waals surface area contributed by atoms with E-state index in [1.165, 1.54) is 17.4 Å². The first-order chi connectivity index (χ1) is 17.6. The van der Waals surface area contributed by atoms with E-state index < -0.39 is 17.6 Å². The van der Waals surface area contributed by atoms with E-state index >= 15 is 0 Å². The van der Waals surface area contributed by atoms with Crippen LogP contribution >= 0.6 is 11.3 Å². The van der Waals surface area contributed by atoms with Gasteiger partial charge in [-0.3, -0.25) is 0 Å². The van der Waals surface area contributed by atoms with E-state index in [0.29, 0.717) is 16.1 Å². The van der Waals surface area contributed by atoms with E-state index in [2.05, 4.69) is 0 Å². The van der Waals surface area contributed by atoms with Gasteiger partial charge in [0.05, 0.1) is 12.1 Å². The predicted octanol–water partition coefficient (Wildman–Crippen LogP) is 6.86. The second-order valence-electron chi connectivity index (χ2n) is 7.78. The van der Waals surface area contributed by atoms with Gasteiger partial charge in [0.25, 0.3) is 0 Å². The molecule has 0 atom stereocenters. The molecule has 180 valence electrons. The Morgan fingerprint density at radius 1 is 0.861 bits per heavy atom. The highest BCUT2D eigenvalue weighted by atomic mass is 32.1. The Hall–Kier alpha value is -4.30. The number of nitrogens with zero attached hydrogens (tertiary/aromatic N) is 2. The Morgan fingerprint density at radius 3 is 2.25 bits per heavy atom. The SMILES string of the molecule is O=C(Oc1c(-c2ccccc2)c(-c2ccccc2)nn1CCOc1ccc(F)c(F)c1)c1cccs1. The normalized spacial score (nSPS) is 10.8. The van der Waals surface area contributed by atoms with E-state index in [0.717, 1.165) is 23.3 Å². The highest BCUT2D eigenvalue weighted by molar-refractivity contribution is 7.12. The van der Waals surface area contributed by atoms with Gasteiger partial charge in [0.1, 0.15) is 22.9 Å². The third kappa shape index (κ3) is 5.04. The van der Waals surface area contributed by atoms with Crippen LogP contribution in [0.4, 0.5) is 8.78 Å². The minimum absolute atomic E-state index is 0.0821. The largest absolute Gasteiger partial charge is 0.492 e. The Morgan fingerprint density at radius 2 is 1.58 bits per heavy atom. The topological polar surface area (TPSA) is 53.3 Å². The molecule has 5 nitrogen and oxygen atoms in total. The van der Waals surface area contributed by atoms with E-state index in [4.69, 9.17) is 14.6 Å². The quantitative estimate of drug-likeness (QED) is 0.218. The number of thiophene rings is 1. The molecule has 2 aromatic heterocycles. The van der Waals surface area contributed by atoms with Crippen LogP contribution in [0.3, 0.4) is 0 Å². The number of esters is 1. The van der Waals surface area contributed by atoms with Crippen molar-refractivity contribution in [3.8, 4) is 34.0 Å². The van der Waals surface area contributed by atoms with Crippen molar-refractivity contribution >= 4 is 17.3 Å². The summed E-state index contributed by atoms with van der Waals surface area (Å²) in [5, 5.41) is 6.59. The lowest BCUT2D eigenvalue weighted by Crippen LogP contribution is -2.15. The zero-order valence-electron chi connectivity index (χ0n) is 18.9. The fourth-order valence-electron chi connectivity index (χ4n) is 3.71. The van der Waals surface area contributed by atoms with Crippen molar-refractivity contribution in [2.75, 3.05) is 6.61 Å². The van der Waals surface area contributed by atoms with E-state index in [1.54, 1.807) is 22.2 Å². The van der Waals surface area contributed by atoms with Gasteiger partial charge in [-0.25, -0.2) is 18.3 Å². The number of ether oxygens (including phenoxy) is 2. The van der Waals surface area contributed by atoms with Gasteiger partial charge in [0, 0.05) is 11.6 Å². The minimum Gasteiger partial charge on any atom is -0.492 e. The first kappa shape index (κ1) is 23.4. The molecule has 0 bridgehead atoms. The maximum Gasteiger partial charge on any atom is 0.355 e. The molecule has 0 unspecified atom stereocenters. The lowest BCUT2D eigenvalue weighted by atomic mass is 10.0. The fourth-order valence-corrected chi connectivity index (χ4v) is 4.31. The molecule has 0 N–H and O–H groups in total. The molecule has 8 heteroatoms. The Labute approximate surface area is 210 Å². The van der Waals surface area contributed by atoms with Gasteiger partial charge in [-0.15, -0.1) is 11.3 Å². The van der Waals surface area contributed by atoms with Crippen LogP contribution in [0.2, 0.25) is 0 Å². The molecule has 0 aliphatic heterocycles. The molecule has 0 saturated carbocycles. The van der Waals surface area contributed by atoms with Gasteiger partial charge in [0.15, 0.2) is 11.6 Å². The number of halogens is 2. The Kier molecular flexibility index (Phi) is 6.86. The van der Waals surface area contributed by atoms with Crippen molar-refractivity contribution in [1.29, 1.82) is 0 Å². The fraction of sp³-hybridized carbons (Fsp3) is 0.0714. The van der Waals surface area contributed by atoms with E-state index in [9.17, 15) is 13.6 Å². The van der Waals surface area contributed by atoms with Gasteiger partial charge < -0.3 is 9.47 Å². The molecule has 0 spiro atoms. The molecule has 5 aromatic rings. The summed E-state index contributed by atoms with van der Waals surface area (Å²) in [6.45, 7) is 0.275. The first-order valence-corrected chi connectivity index (χ1v) is 12.0. The van der Waals surface area contributed by atoms with E-state index in [-0.39, 0.29) is 24.8 Å². The van der Waals surface area contributed by atoms with Crippen molar-refractivity contribution in [3.63, 3.8) is 0 Å². The standard InChI is InChI=1S/C28H20F2N2O3S/c29-22-14-13-21(18-23(22)30)34-16-15-32-27(35-28(33)24-12-7-17-36-24)25(19-8-3-1-4-9-19)26(31-32)20-10-5-2-6-11-20/h1-14,17-18H,15-16H2. The number of aromatic nitrogens is 2. The van der Waals surface area contributed by atoms with Crippen molar-refractivity contribution in [2.24, 2.45) is 0 Å². The van der Waals surface area contributed by atoms with Gasteiger partial charge in [0.2, 0.25) is 5.88 Å². The molecule has 0 aliphatic rings. The predicted molar refractivity (Wildman–Crippen MR) is 134 cm³/mol. The third-order valence-electron chi connectivity index (χ3n) is 5.39. The molecule has 0 aliphatic carbocycles. The van der Waals surface area contributed by atoms with Crippen LogP contribution in [-0.4, -0.2) is 22.4 Å². The number of rotatable bonds is 8. The first-order valence-electron chi connectivity index (χ1n) is 11.2. The summed E-state index contributed by atoms with van der Waals surface area (Å²) < 4.78 is 39.9. The zero-order chi connectivity index (χ0) is 24.9. The van der Waals surface area contributed by atoms with Gasteiger partial charge in [-0.2, -0.15) is 5.10 Å². The second-order valence-corrected chi connectivity index (χ2v) is 8.72. The highest BCUT2D eigenvalue weighted by Crippen LogP contribution is 2.39. The summed E-state index contributed by atoms with van der Waals surface area (Å²) >= 11 is 1.28. The molecule has 5 rings (SSSR count). The van der Waals surface area contributed by atoms with Crippen LogP contribution < -0.4 is 9.47 Å². The molecule has 2 heterocycles. The lowest BCUT2D eigenvalue weighted by Gasteiger charge is -2.11. The number of carbonyl (C=O) groups excluding carboxylic acids is 1. The van der Waals surface area contributed by atoms with Crippen LogP contribution in [0.25, 0.3) is 22.4 Å². The molecule has 0 radical (unpaired) electrons. The average molecular weight is 503 g/mol. The van der Waals surface area contributed by atoms with Crippen LogP contribution in [-0.2, 0) is 6.54 Å². The summed E-state index contributed by atoms with van der Waals surface area (Å²) in [4.78, 5) is 13.4. The van der Waals surface area contributed by atoms with Gasteiger partial charge in [-0.05, 0) is 29.1 Å². The lowest BCUT2D eigenvalue weighted by molar-refractivity contribution is 0.0722. The molecular formula is C28H20F2N2O3S. The van der Waals surface area contributed by atoms with Crippen LogP contribution in [0, 0.1) is 11.6 Å². The second kappa shape index (κ2) is 10.5. The summed E-state index contributed by atoms with van der Waals surface area (Å²) in [5.41, 5.74) is 2.99. The Balaban J connectivity index is 1.54. The smallest absolute Gasteiger partial charge is 0.355 e. The van der Waals surface area contributed by atoms with E-state index in [1.807, 2.05) is 60.7 Å². The summed E-state index contributed by atoms with van der Waals surface area (Å²) in [6, 6.07) is 26.0. The van der Waals surface area contributed by atoms with Crippen molar-refractivity contribution < 1.29 is 23.0 Å². The van der Waals surface area contributed by atoms with Crippen molar-refractivity contribution in [1.82, 2.24) is 9.78 Å². The van der Waals surface area contributed by atoms with Gasteiger partial charge >= 0.3 is 5.97 Å². The number of hydrogen-bond acceptors (Lipinski definition) is 5. The van der Waals surface area contributed by atoms with Crippen molar-refractivity contribution in [3.05, 3.63) is 113 Å². The monoisotopic (exact) mass is 502 g/mol. The third-order valence-corrected chi connectivity index (χ3v) is 6.24. The molecule has 0 fully saturated rings. The maximum atomic E-state index is 13.6. The number of carbonyl (C=O) groups is 1. The molecule has 36 heavy (non-hydrogen) atoms. The van der Waals surface area contributed by atoms with Crippen LogP contribution in [0.5, 0.6) is 11.6 Å². The zero-order valence-corrected chi connectivity index (χ0v) is 19.8. The highest BCUT2D eigenvalue weighted by Gasteiger charge is 2.25. The van der Waals surface area contributed by atoms with Crippen LogP contribution in [0.15, 0.2) is 96.4 Å². The molecule has 0 saturated heterocycles. The summed E-state index contributed by atoms with van der Waals surface area (Å²) in [5.74, 6) is -1.98. The number of benzene rings is 3. The summed E-state index contributed by atoms with van der Waals surface area (Å²) in [6.07, 6.45) is 0. The average Bonchev–Trinajstić information content (AvgIpc) is 3.56. The van der Waals surface area contributed by atoms with Gasteiger partial charge in [-0.1, -0.05) is 66.7 Å². The van der Waals surface area contributed by atoms with Crippen molar-refractivity contribution in [2.45, 2.75) is 6.54 Å². The molecule has 0 amide bonds. The molecular weight excluding hydrogens is 482 g/mol. The summed E-state index contributed by atoms with van der Waals surface area (Å²) in [7, 11) is 0. The molecule has 3 aromatic carbocycles. The number of hydrogen-bond donors (Lipinski definition) is 0. The maximum absolute atomic E-state index is 13.6. The van der Waals surface area contributed by atoms with Crippen LogP contribution in [0.1, 0.15) is 9.67 Å². The Bertz CT molecular complexity index is 1470.